The van der Waals surface area contributed by atoms with Crippen LogP contribution in [-0.2, 0) is 0 Å². The number of benzene rings is 7. The Morgan fingerprint density at radius 3 is 1.79 bits per heavy atom. The third-order valence-electron chi connectivity index (χ3n) is 8.46. The largest absolute Gasteiger partial charge is 0.454 e. The molecule has 0 aliphatic heterocycles. The second kappa shape index (κ2) is 9.37. The average molecular weight is 552 g/mol. The minimum atomic E-state index is 0.842. The number of para-hydroxylation sites is 3. The second-order valence-electron chi connectivity index (χ2n) is 10.9. The molecular weight excluding hydrogens is 526 g/mol. The second-order valence-corrected chi connectivity index (χ2v) is 10.9. The van der Waals surface area contributed by atoms with Gasteiger partial charge in [-0.2, -0.15) is 0 Å². The van der Waals surface area contributed by atoms with E-state index in [1.807, 2.05) is 18.2 Å². The van der Waals surface area contributed by atoms with E-state index in [1.54, 1.807) is 0 Å². The Bertz CT molecular complexity index is 2450. The van der Waals surface area contributed by atoms with Gasteiger partial charge in [-0.1, -0.05) is 115 Å². The molecule has 2 aromatic heterocycles. The zero-order chi connectivity index (χ0) is 28.3. The van der Waals surface area contributed by atoms with Crippen molar-refractivity contribution in [3.63, 3.8) is 0 Å². The average Bonchev–Trinajstić information content (AvgIpc) is 3.65. The molecule has 2 heterocycles. The van der Waals surface area contributed by atoms with E-state index in [0.717, 1.165) is 60.9 Å². The fraction of sp³-hybridized carbons (Fsp3) is 0. The van der Waals surface area contributed by atoms with Gasteiger partial charge in [-0.15, -0.1) is 0 Å². The van der Waals surface area contributed by atoms with E-state index in [-0.39, 0.29) is 0 Å². The number of rotatable bonds is 4. The van der Waals surface area contributed by atoms with Gasteiger partial charge in [0.15, 0.2) is 11.2 Å². The van der Waals surface area contributed by atoms with Crippen molar-refractivity contribution in [2.45, 2.75) is 0 Å². The SMILES string of the molecule is c1ccc(-c2ccc(N(c3cccc4c3oc3ccccc34)c3cccc4c3oc3ccc5ccccc5c34)cc2)cc1. The van der Waals surface area contributed by atoms with Gasteiger partial charge < -0.3 is 13.7 Å². The zero-order valence-electron chi connectivity index (χ0n) is 23.2. The lowest BCUT2D eigenvalue weighted by Gasteiger charge is -2.25. The Hall–Kier alpha value is -5.80. The molecule has 0 fully saturated rings. The molecule has 0 aliphatic carbocycles. The Morgan fingerprint density at radius 1 is 0.372 bits per heavy atom. The summed E-state index contributed by atoms with van der Waals surface area (Å²) >= 11 is 0. The number of hydrogen-bond donors (Lipinski definition) is 0. The minimum absolute atomic E-state index is 0.842. The Labute approximate surface area is 247 Å². The molecule has 0 N–H and O–H groups in total. The van der Waals surface area contributed by atoms with Crippen molar-refractivity contribution < 1.29 is 8.83 Å². The number of furan rings is 2. The highest BCUT2D eigenvalue weighted by molar-refractivity contribution is 6.21. The molecule has 0 aliphatic rings. The van der Waals surface area contributed by atoms with Gasteiger partial charge in [0.2, 0.25) is 0 Å². The van der Waals surface area contributed by atoms with Gasteiger partial charge in [-0.05, 0) is 58.3 Å². The van der Waals surface area contributed by atoms with E-state index in [4.69, 9.17) is 8.83 Å². The monoisotopic (exact) mass is 551 g/mol. The van der Waals surface area contributed by atoms with E-state index >= 15 is 0 Å². The lowest BCUT2D eigenvalue weighted by atomic mass is 10.0. The molecular formula is C40H25NO2. The van der Waals surface area contributed by atoms with Crippen molar-refractivity contribution in [1.82, 2.24) is 0 Å². The molecule has 9 aromatic rings. The third kappa shape index (κ3) is 3.68. The molecule has 0 radical (unpaired) electrons. The Kier molecular flexibility index (Phi) is 5.20. The van der Waals surface area contributed by atoms with Gasteiger partial charge in [-0.3, -0.25) is 0 Å². The molecule has 0 amide bonds. The van der Waals surface area contributed by atoms with Crippen molar-refractivity contribution >= 4 is 71.7 Å². The fourth-order valence-corrected chi connectivity index (χ4v) is 6.48. The summed E-state index contributed by atoms with van der Waals surface area (Å²) in [6.45, 7) is 0. The van der Waals surface area contributed by atoms with E-state index in [2.05, 4.69) is 138 Å². The van der Waals surface area contributed by atoms with Gasteiger partial charge in [0.1, 0.15) is 11.2 Å². The van der Waals surface area contributed by atoms with Crippen LogP contribution in [-0.4, -0.2) is 0 Å². The van der Waals surface area contributed by atoms with E-state index in [0.29, 0.717) is 0 Å². The lowest BCUT2D eigenvalue weighted by molar-refractivity contribution is 0.666. The van der Waals surface area contributed by atoms with Crippen LogP contribution >= 0.6 is 0 Å². The van der Waals surface area contributed by atoms with E-state index in [1.165, 1.54) is 21.9 Å². The van der Waals surface area contributed by atoms with Crippen molar-refractivity contribution in [1.29, 1.82) is 0 Å². The summed E-state index contributed by atoms with van der Waals surface area (Å²) in [6.07, 6.45) is 0. The lowest BCUT2D eigenvalue weighted by Crippen LogP contribution is -2.10. The number of fused-ring (bicyclic) bond motifs is 8. The van der Waals surface area contributed by atoms with Gasteiger partial charge in [-0.25, -0.2) is 0 Å². The maximum absolute atomic E-state index is 6.71. The maximum atomic E-state index is 6.71. The summed E-state index contributed by atoms with van der Waals surface area (Å²) in [7, 11) is 0. The summed E-state index contributed by atoms with van der Waals surface area (Å²) < 4.78 is 13.3. The van der Waals surface area contributed by atoms with E-state index < -0.39 is 0 Å². The zero-order valence-corrected chi connectivity index (χ0v) is 23.2. The van der Waals surface area contributed by atoms with Crippen LogP contribution < -0.4 is 4.90 Å². The first-order valence-corrected chi connectivity index (χ1v) is 14.5. The van der Waals surface area contributed by atoms with Crippen molar-refractivity contribution in [2.24, 2.45) is 0 Å². The van der Waals surface area contributed by atoms with Gasteiger partial charge in [0.25, 0.3) is 0 Å². The van der Waals surface area contributed by atoms with Crippen molar-refractivity contribution in [2.75, 3.05) is 4.90 Å². The fourth-order valence-electron chi connectivity index (χ4n) is 6.48. The van der Waals surface area contributed by atoms with Gasteiger partial charge >= 0.3 is 0 Å². The molecule has 202 valence electrons. The molecule has 9 rings (SSSR count). The first-order chi connectivity index (χ1) is 21.3. The van der Waals surface area contributed by atoms with Gasteiger partial charge in [0, 0.05) is 27.2 Å². The highest BCUT2D eigenvalue weighted by Gasteiger charge is 2.23. The predicted molar refractivity (Wildman–Crippen MR) is 179 cm³/mol. The van der Waals surface area contributed by atoms with Crippen LogP contribution in [0.15, 0.2) is 160 Å². The highest BCUT2D eigenvalue weighted by Crippen LogP contribution is 2.46. The summed E-state index contributed by atoms with van der Waals surface area (Å²) in [4.78, 5) is 2.27. The predicted octanol–water partition coefficient (Wildman–Crippen LogP) is 11.8. The summed E-state index contributed by atoms with van der Waals surface area (Å²) in [5.41, 5.74) is 8.72. The first-order valence-electron chi connectivity index (χ1n) is 14.5. The molecule has 0 unspecified atom stereocenters. The molecule has 43 heavy (non-hydrogen) atoms. The molecule has 7 aromatic carbocycles. The molecule has 0 spiro atoms. The summed E-state index contributed by atoms with van der Waals surface area (Å²) in [5.74, 6) is 0. The molecule has 0 bridgehead atoms. The van der Waals surface area contributed by atoms with Crippen LogP contribution in [0.3, 0.4) is 0 Å². The maximum Gasteiger partial charge on any atom is 0.159 e. The standard InChI is InChI=1S/C40H25NO2/c1-2-10-26(11-3-1)27-20-23-29(24-21-27)41(34-17-8-15-32-31-14-6-7-19-36(31)42-39(32)34)35-18-9-16-33-38-30-13-5-4-12-28(30)22-25-37(38)43-40(33)35/h1-25H. The smallest absolute Gasteiger partial charge is 0.159 e. The normalized spacial score (nSPS) is 11.7. The van der Waals surface area contributed by atoms with E-state index in [9.17, 15) is 0 Å². The molecule has 0 saturated heterocycles. The molecule has 0 saturated carbocycles. The van der Waals surface area contributed by atoms with Crippen LogP contribution in [0.1, 0.15) is 0 Å². The third-order valence-corrected chi connectivity index (χ3v) is 8.46. The topological polar surface area (TPSA) is 29.5 Å². The molecule has 3 nitrogen and oxygen atoms in total. The quantitative estimate of drug-likeness (QED) is 0.218. The van der Waals surface area contributed by atoms with Crippen LogP contribution in [0, 0.1) is 0 Å². The number of nitrogens with zero attached hydrogens (tertiary/aromatic N) is 1. The highest BCUT2D eigenvalue weighted by atomic mass is 16.3. The summed E-state index contributed by atoms with van der Waals surface area (Å²) in [6, 6.07) is 52.9. The Balaban J connectivity index is 1.33. The van der Waals surface area contributed by atoms with Crippen LogP contribution in [0.2, 0.25) is 0 Å². The number of anilines is 3. The van der Waals surface area contributed by atoms with Crippen molar-refractivity contribution in [3.05, 3.63) is 152 Å². The number of hydrogen-bond acceptors (Lipinski definition) is 3. The van der Waals surface area contributed by atoms with Crippen LogP contribution in [0.25, 0.3) is 65.8 Å². The first kappa shape index (κ1) is 23.9. The molecule has 0 atom stereocenters. The van der Waals surface area contributed by atoms with Crippen LogP contribution in [0.4, 0.5) is 17.1 Å². The minimum Gasteiger partial charge on any atom is -0.454 e. The summed E-state index contributed by atoms with van der Waals surface area (Å²) in [5, 5.41) is 6.80. The van der Waals surface area contributed by atoms with Crippen LogP contribution in [0.5, 0.6) is 0 Å². The van der Waals surface area contributed by atoms with Gasteiger partial charge in [0.05, 0.1) is 11.4 Å². The molecule has 3 heteroatoms. The van der Waals surface area contributed by atoms with Crippen molar-refractivity contribution in [3.8, 4) is 11.1 Å². The Morgan fingerprint density at radius 2 is 0.977 bits per heavy atom.